The van der Waals surface area contributed by atoms with Crippen LogP contribution in [0.4, 0.5) is 0 Å². The molecule has 1 aromatic rings. The lowest BCUT2D eigenvalue weighted by Gasteiger charge is -2.46. The van der Waals surface area contributed by atoms with E-state index in [-0.39, 0.29) is 12.1 Å². The van der Waals surface area contributed by atoms with Crippen molar-refractivity contribution in [2.24, 2.45) is 5.41 Å². The average Bonchev–Trinajstić information content (AvgIpc) is 2.38. The molecule has 2 rings (SSSR count). The largest absolute Gasteiger partial charge is 0.459 e. The van der Waals surface area contributed by atoms with Crippen molar-refractivity contribution in [2.75, 3.05) is 6.61 Å². The maximum atomic E-state index is 12.9. The second-order valence-electron chi connectivity index (χ2n) is 7.36. The molecule has 0 heterocycles. The molecule has 128 valence electrons. The van der Waals surface area contributed by atoms with Crippen LogP contribution in [-0.2, 0) is 14.3 Å². The van der Waals surface area contributed by atoms with Gasteiger partial charge in [-0.2, -0.15) is 0 Å². The lowest BCUT2D eigenvalue weighted by Crippen LogP contribution is -2.47. The van der Waals surface area contributed by atoms with Crippen LogP contribution in [0.1, 0.15) is 64.2 Å². The van der Waals surface area contributed by atoms with Crippen molar-refractivity contribution in [3.63, 3.8) is 0 Å². The minimum atomic E-state index is -0.580. The molecule has 1 aromatic carbocycles. The Morgan fingerprint density at radius 1 is 1.35 bits per heavy atom. The predicted molar refractivity (Wildman–Crippen MR) is 92.7 cm³/mol. The van der Waals surface area contributed by atoms with E-state index in [0.29, 0.717) is 6.61 Å². The summed E-state index contributed by atoms with van der Waals surface area (Å²) in [7, 11) is 0. The number of rotatable bonds is 5. The smallest absolute Gasteiger partial charge is 0.315 e. The summed E-state index contributed by atoms with van der Waals surface area (Å²) in [6, 6.07) is 5.85. The van der Waals surface area contributed by atoms with Gasteiger partial charge in [-0.3, -0.25) is 4.79 Å². The number of hydrogen-bond acceptors (Lipinski definition) is 3. The molecule has 0 aromatic heterocycles. The van der Waals surface area contributed by atoms with Gasteiger partial charge in [0.1, 0.15) is 5.60 Å². The molecular formula is C19H27ClO3. The predicted octanol–water partition coefficient (Wildman–Crippen LogP) is 5.24. The van der Waals surface area contributed by atoms with Gasteiger partial charge in [0.25, 0.3) is 0 Å². The van der Waals surface area contributed by atoms with Crippen molar-refractivity contribution in [2.45, 2.75) is 65.6 Å². The molecule has 0 radical (unpaired) electrons. The monoisotopic (exact) mass is 338 g/mol. The second-order valence-corrected chi connectivity index (χ2v) is 7.76. The molecule has 23 heavy (non-hydrogen) atoms. The summed E-state index contributed by atoms with van der Waals surface area (Å²) < 4.78 is 11.7. The second kappa shape index (κ2) is 6.82. The van der Waals surface area contributed by atoms with E-state index in [2.05, 4.69) is 0 Å². The highest BCUT2D eigenvalue weighted by molar-refractivity contribution is 6.31. The Morgan fingerprint density at radius 3 is 2.43 bits per heavy atom. The summed E-state index contributed by atoms with van der Waals surface area (Å²) in [5, 5.41) is 0.726. The lowest BCUT2D eigenvalue weighted by molar-refractivity contribution is -0.189. The first-order valence-corrected chi connectivity index (χ1v) is 8.68. The highest BCUT2D eigenvalue weighted by Gasteiger charge is 2.53. The summed E-state index contributed by atoms with van der Waals surface area (Å²) in [6.45, 7) is 10.2. The van der Waals surface area contributed by atoms with E-state index in [9.17, 15) is 4.79 Å². The molecule has 1 atom stereocenters. The van der Waals surface area contributed by atoms with Gasteiger partial charge in [0.2, 0.25) is 0 Å². The summed E-state index contributed by atoms with van der Waals surface area (Å²) in [5.74, 6) is -0.151. The number of halogens is 1. The molecule has 0 saturated heterocycles. The van der Waals surface area contributed by atoms with E-state index in [4.69, 9.17) is 21.1 Å². The number of aryl methyl sites for hydroxylation is 1. The standard InChI is InChI=1S/C19H27ClO3/c1-6-22-16(14-8-9-15(20)13(2)12-14)19(10-7-11-19)17(21)23-18(3,4)5/h8-9,12,16H,6-7,10-11H2,1-5H3. The number of benzene rings is 1. The molecule has 3 nitrogen and oxygen atoms in total. The van der Waals surface area contributed by atoms with Gasteiger partial charge >= 0.3 is 5.97 Å². The Balaban J connectivity index is 2.37. The van der Waals surface area contributed by atoms with Crippen LogP contribution in [0.2, 0.25) is 5.02 Å². The van der Waals surface area contributed by atoms with E-state index < -0.39 is 11.0 Å². The maximum absolute atomic E-state index is 12.9. The molecule has 1 unspecified atom stereocenters. The topological polar surface area (TPSA) is 35.5 Å². The minimum absolute atomic E-state index is 0.151. The summed E-state index contributed by atoms with van der Waals surface area (Å²) >= 11 is 6.14. The Kier molecular flexibility index (Phi) is 5.42. The fraction of sp³-hybridized carbons (Fsp3) is 0.632. The van der Waals surface area contributed by atoms with Gasteiger partial charge in [-0.15, -0.1) is 0 Å². The van der Waals surface area contributed by atoms with Crippen LogP contribution in [0.25, 0.3) is 0 Å². The van der Waals surface area contributed by atoms with Crippen LogP contribution >= 0.6 is 11.6 Å². The van der Waals surface area contributed by atoms with Crippen LogP contribution in [0.15, 0.2) is 18.2 Å². The molecule has 1 aliphatic carbocycles. The van der Waals surface area contributed by atoms with Crippen molar-refractivity contribution in [1.29, 1.82) is 0 Å². The third kappa shape index (κ3) is 3.89. The summed E-state index contributed by atoms with van der Waals surface area (Å²) in [4.78, 5) is 12.9. The molecule has 1 saturated carbocycles. The van der Waals surface area contributed by atoms with Crippen LogP contribution < -0.4 is 0 Å². The Bertz CT molecular complexity index is 570. The van der Waals surface area contributed by atoms with Crippen LogP contribution in [0, 0.1) is 12.3 Å². The first-order valence-electron chi connectivity index (χ1n) is 8.31. The number of carbonyl (C=O) groups is 1. The molecule has 0 N–H and O–H groups in total. The lowest BCUT2D eigenvalue weighted by atomic mass is 9.63. The van der Waals surface area contributed by atoms with Crippen molar-refractivity contribution in [3.05, 3.63) is 34.3 Å². The van der Waals surface area contributed by atoms with Gasteiger partial charge in [0.05, 0.1) is 11.5 Å². The Labute approximate surface area is 144 Å². The zero-order valence-electron chi connectivity index (χ0n) is 14.7. The van der Waals surface area contributed by atoms with Crippen molar-refractivity contribution < 1.29 is 14.3 Å². The van der Waals surface area contributed by atoms with Crippen LogP contribution in [0.3, 0.4) is 0 Å². The molecule has 4 heteroatoms. The van der Waals surface area contributed by atoms with E-state index in [0.717, 1.165) is 35.4 Å². The first kappa shape index (κ1) is 18.3. The normalized spacial score (nSPS) is 18.2. The molecule has 0 spiro atoms. The first-order chi connectivity index (χ1) is 10.7. The average molecular weight is 339 g/mol. The van der Waals surface area contributed by atoms with Gasteiger partial charge in [-0.25, -0.2) is 0 Å². The molecule has 0 aliphatic heterocycles. The van der Waals surface area contributed by atoms with Crippen LogP contribution in [0.5, 0.6) is 0 Å². The third-order valence-corrected chi connectivity index (χ3v) is 4.80. The van der Waals surface area contributed by atoms with Crippen LogP contribution in [-0.4, -0.2) is 18.2 Å². The summed E-state index contributed by atoms with van der Waals surface area (Å²) in [6.07, 6.45) is 2.34. The molecule has 1 aliphatic rings. The SMILES string of the molecule is CCOC(c1ccc(Cl)c(C)c1)C1(C(=O)OC(C)(C)C)CCC1. The van der Waals surface area contributed by atoms with Gasteiger partial charge in [-0.05, 0) is 64.7 Å². The van der Waals surface area contributed by atoms with Crippen molar-refractivity contribution in [3.8, 4) is 0 Å². The summed E-state index contributed by atoms with van der Waals surface area (Å²) in [5.41, 5.74) is 0.919. The molecule has 1 fully saturated rings. The van der Waals surface area contributed by atoms with Gasteiger partial charge in [0.15, 0.2) is 0 Å². The van der Waals surface area contributed by atoms with E-state index in [1.807, 2.05) is 52.8 Å². The maximum Gasteiger partial charge on any atom is 0.315 e. The number of esters is 1. The van der Waals surface area contributed by atoms with Crippen molar-refractivity contribution in [1.82, 2.24) is 0 Å². The number of ether oxygens (including phenoxy) is 2. The highest BCUT2D eigenvalue weighted by Crippen LogP contribution is 2.53. The quantitative estimate of drug-likeness (QED) is 0.689. The van der Waals surface area contributed by atoms with E-state index >= 15 is 0 Å². The Hall–Kier alpha value is -1.06. The van der Waals surface area contributed by atoms with Gasteiger partial charge in [-0.1, -0.05) is 30.2 Å². The van der Waals surface area contributed by atoms with E-state index in [1.54, 1.807) is 0 Å². The molecular weight excluding hydrogens is 312 g/mol. The van der Waals surface area contributed by atoms with E-state index in [1.165, 1.54) is 0 Å². The fourth-order valence-electron chi connectivity index (χ4n) is 3.08. The molecule has 0 amide bonds. The molecule has 0 bridgehead atoms. The Morgan fingerprint density at radius 2 is 2.00 bits per heavy atom. The third-order valence-electron chi connectivity index (χ3n) is 4.37. The highest BCUT2D eigenvalue weighted by atomic mass is 35.5. The zero-order chi connectivity index (χ0) is 17.3. The van der Waals surface area contributed by atoms with Crippen molar-refractivity contribution >= 4 is 17.6 Å². The number of hydrogen-bond donors (Lipinski definition) is 0. The zero-order valence-corrected chi connectivity index (χ0v) is 15.5. The number of carbonyl (C=O) groups excluding carboxylic acids is 1. The van der Waals surface area contributed by atoms with Gasteiger partial charge < -0.3 is 9.47 Å². The van der Waals surface area contributed by atoms with Gasteiger partial charge in [0, 0.05) is 11.6 Å². The minimum Gasteiger partial charge on any atom is -0.459 e. The fourth-order valence-corrected chi connectivity index (χ4v) is 3.20.